The van der Waals surface area contributed by atoms with E-state index >= 15 is 0 Å². The van der Waals surface area contributed by atoms with Crippen molar-refractivity contribution in [3.8, 4) is 11.5 Å². The molecule has 0 atom stereocenters. The molecule has 0 amide bonds. The molecule has 0 fully saturated rings. The summed E-state index contributed by atoms with van der Waals surface area (Å²) < 4.78 is 11.1. The average molecular weight is 397 g/mol. The first-order valence-corrected chi connectivity index (χ1v) is 9.37. The Labute approximate surface area is 168 Å². The van der Waals surface area contributed by atoms with Crippen molar-refractivity contribution in [2.24, 2.45) is 15.4 Å². The van der Waals surface area contributed by atoms with Gasteiger partial charge in [-0.05, 0) is 53.6 Å². The smallest absolute Gasteiger partial charge is 0.191 e. The van der Waals surface area contributed by atoms with Gasteiger partial charge in [-0.25, -0.2) is 0 Å². The highest BCUT2D eigenvalue weighted by Gasteiger charge is 2.21. The highest BCUT2D eigenvalue weighted by Crippen LogP contribution is 2.44. The molecule has 10 nitrogen and oxygen atoms in total. The third kappa shape index (κ3) is 6.57. The van der Waals surface area contributed by atoms with Gasteiger partial charge < -0.3 is 9.47 Å². The molecule has 0 aliphatic heterocycles. The first-order valence-electron chi connectivity index (χ1n) is 9.37. The zero-order valence-electron chi connectivity index (χ0n) is 16.2. The molecular formula is C19H23N7O3. The maximum atomic E-state index is 11.6. The number of hydrogen-bond acceptors (Lipinski definition) is 6. The van der Waals surface area contributed by atoms with E-state index in [0.717, 1.165) is 49.7 Å². The van der Waals surface area contributed by atoms with Gasteiger partial charge in [-0.15, -0.1) is 4.91 Å². The van der Waals surface area contributed by atoms with Gasteiger partial charge in [0.15, 0.2) is 30.6 Å². The molecule has 2 rings (SSSR count). The van der Waals surface area contributed by atoms with E-state index in [9.17, 15) is 4.91 Å². The summed E-state index contributed by atoms with van der Waals surface area (Å²) in [7, 11) is 0. The predicted octanol–water partition coefficient (Wildman–Crippen LogP) is 6.84. The van der Waals surface area contributed by atoms with E-state index in [1.165, 1.54) is 0 Å². The van der Waals surface area contributed by atoms with E-state index in [-0.39, 0.29) is 30.6 Å². The van der Waals surface area contributed by atoms with Gasteiger partial charge in [0.25, 0.3) is 0 Å². The Morgan fingerprint density at radius 2 is 1.55 bits per heavy atom. The number of fused-ring (bicyclic) bond motifs is 2. The number of allylic oxidation sites excluding steroid dienone is 2. The maximum absolute atomic E-state index is 11.6. The van der Waals surface area contributed by atoms with Gasteiger partial charge in [0.2, 0.25) is 0 Å². The molecule has 29 heavy (non-hydrogen) atoms. The van der Waals surface area contributed by atoms with Gasteiger partial charge >= 0.3 is 0 Å². The summed E-state index contributed by atoms with van der Waals surface area (Å²) in [6, 6.07) is 1.82. The Morgan fingerprint density at radius 3 is 2.21 bits per heavy atom. The molecule has 1 aliphatic carbocycles. The van der Waals surface area contributed by atoms with Crippen LogP contribution in [-0.4, -0.2) is 13.5 Å². The van der Waals surface area contributed by atoms with Gasteiger partial charge in [0.05, 0.1) is 0 Å². The van der Waals surface area contributed by atoms with Crippen molar-refractivity contribution < 1.29 is 9.47 Å². The summed E-state index contributed by atoms with van der Waals surface area (Å²) in [6.07, 6.45) is 10.5. The van der Waals surface area contributed by atoms with Crippen LogP contribution in [0.15, 0.2) is 39.7 Å². The van der Waals surface area contributed by atoms with Crippen LogP contribution in [-0.2, 0) is 6.42 Å². The fraction of sp³-hybridized carbons (Fsp3) is 0.474. The standard InChI is InChI=1S/C19H23N7O3/c1-14-7-5-3-2-4-6-8-15-11-16(10-9-14)18(28-12-22-25-20)19(17(15)24-27)29-13-23-26-21/h9-11H,1-8,12-13H2/b10-9+. The van der Waals surface area contributed by atoms with E-state index in [4.69, 9.17) is 20.5 Å². The summed E-state index contributed by atoms with van der Waals surface area (Å²) in [5, 5.41) is 9.88. The van der Waals surface area contributed by atoms with E-state index in [1.54, 1.807) is 0 Å². The molecule has 10 heteroatoms. The van der Waals surface area contributed by atoms with Crippen LogP contribution in [0.3, 0.4) is 0 Å². The van der Waals surface area contributed by atoms with Crippen molar-refractivity contribution in [2.45, 2.75) is 44.9 Å². The Balaban J connectivity index is 2.59. The molecule has 0 spiro atoms. The summed E-state index contributed by atoms with van der Waals surface area (Å²) >= 11 is 0. The molecule has 1 aromatic carbocycles. The first-order chi connectivity index (χ1) is 14.2. The number of aryl methyl sites for hydroxylation is 1. The molecule has 152 valence electrons. The largest absolute Gasteiger partial charge is 0.483 e. The van der Waals surface area contributed by atoms with E-state index in [0.29, 0.717) is 12.0 Å². The molecule has 0 unspecified atom stereocenters. The monoisotopic (exact) mass is 397 g/mol. The number of azide groups is 2. The number of benzene rings is 1. The van der Waals surface area contributed by atoms with Crippen molar-refractivity contribution in [3.05, 3.63) is 61.2 Å². The molecule has 0 saturated carbocycles. The number of ether oxygens (including phenoxy) is 2. The van der Waals surface area contributed by atoms with Crippen molar-refractivity contribution in [1.82, 2.24) is 0 Å². The molecule has 1 aromatic rings. The quantitative estimate of drug-likeness (QED) is 0.214. The highest BCUT2D eigenvalue weighted by atomic mass is 16.5. The van der Waals surface area contributed by atoms with Crippen LogP contribution in [0.25, 0.3) is 27.0 Å². The molecule has 0 heterocycles. The zero-order valence-corrected chi connectivity index (χ0v) is 16.2. The third-order valence-corrected chi connectivity index (χ3v) is 4.51. The van der Waals surface area contributed by atoms with Crippen LogP contribution in [0.2, 0.25) is 0 Å². The minimum Gasteiger partial charge on any atom is -0.483 e. The summed E-state index contributed by atoms with van der Waals surface area (Å²) in [5.74, 6) is 0.265. The Hall–Kier alpha value is -3.48. The summed E-state index contributed by atoms with van der Waals surface area (Å²) in [6.45, 7) is 3.44. The van der Waals surface area contributed by atoms with Crippen molar-refractivity contribution >= 4 is 11.8 Å². The fourth-order valence-electron chi connectivity index (χ4n) is 3.13. The molecular weight excluding hydrogens is 374 g/mol. The van der Waals surface area contributed by atoms with Crippen LogP contribution >= 0.6 is 0 Å². The molecule has 0 saturated heterocycles. The Kier molecular flexibility index (Phi) is 9.08. The predicted molar refractivity (Wildman–Crippen MR) is 111 cm³/mol. The minimum atomic E-state index is -0.337. The first kappa shape index (κ1) is 21.8. The maximum Gasteiger partial charge on any atom is 0.191 e. The lowest BCUT2D eigenvalue weighted by Crippen LogP contribution is -2.03. The van der Waals surface area contributed by atoms with Gasteiger partial charge in [0, 0.05) is 15.4 Å². The van der Waals surface area contributed by atoms with Gasteiger partial charge in [0.1, 0.15) is 0 Å². The van der Waals surface area contributed by atoms with Crippen LogP contribution < -0.4 is 9.47 Å². The number of nitrogens with zero attached hydrogens (tertiary/aromatic N) is 7. The number of hydrogen-bond donors (Lipinski definition) is 0. The molecule has 1 aliphatic rings. The fourth-order valence-corrected chi connectivity index (χ4v) is 3.13. The van der Waals surface area contributed by atoms with Crippen LogP contribution in [0, 0.1) is 4.91 Å². The van der Waals surface area contributed by atoms with Crippen LogP contribution in [0.5, 0.6) is 11.5 Å². The van der Waals surface area contributed by atoms with Gasteiger partial charge in [-0.3, -0.25) is 0 Å². The SMILES string of the molecule is C=C1/C=C/c2cc(c(N=O)c(OCN=[N+]=[N-])c2OCN=[N+]=[N-])CCCCCCC1. The summed E-state index contributed by atoms with van der Waals surface area (Å²) in [4.78, 5) is 17.0. The zero-order chi connectivity index (χ0) is 20.9. The van der Waals surface area contributed by atoms with Crippen LogP contribution in [0.1, 0.15) is 49.7 Å². The second-order valence-electron chi connectivity index (χ2n) is 6.49. The minimum absolute atomic E-state index is 0.0678. The second-order valence-corrected chi connectivity index (χ2v) is 6.49. The molecule has 0 aromatic heterocycles. The van der Waals surface area contributed by atoms with Crippen LogP contribution in [0.4, 0.5) is 5.69 Å². The van der Waals surface area contributed by atoms with Gasteiger partial charge in [-0.1, -0.05) is 53.8 Å². The molecule has 0 radical (unpaired) electrons. The second kappa shape index (κ2) is 12.1. The topological polar surface area (TPSA) is 145 Å². The third-order valence-electron chi connectivity index (χ3n) is 4.51. The number of nitroso groups, excluding NO2 is 1. The Bertz CT molecular complexity index is 869. The summed E-state index contributed by atoms with van der Waals surface area (Å²) in [5.41, 5.74) is 19.5. The van der Waals surface area contributed by atoms with Gasteiger partial charge in [-0.2, -0.15) is 0 Å². The van der Waals surface area contributed by atoms with Crippen molar-refractivity contribution in [1.29, 1.82) is 0 Å². The van der Waals surface area contributed by atoms with E-state index < -0.39 is 0 Å². The lowest BCUT2D eigenvalue weighted by molar-refractivity contribution is 0.278. The van der Waals surface area contributed by atoms with E-state index in [1.807, 2.05) is 18.2 Å². The van der Waals surface area contributed by atoms with E-state index in [2.05, 4.69) is 31.8 Å². The molecule has 2 bridgehead atoms. The molecule has 0 N–H and O–H groups in total. The van der Waals surface area contributed by atoms with Crippen molar-refractivity contribution in [2.75, 3.05) is 13.5 Å². The number of rotatable bonds is 7. The Morgan fingerprint density at radius 1 is 0.931 bits per heavy atom. The normalized spacial score (nSPS) is 15.4. The van der Waals surface area contributed by atoms with Crippen molar-refractivity contribution in [3.63, 3.8) is 0 Å². The average Bonchev–Trinajstić information content (AvgIpc) is 2.73. The lowest BCUT2D eigenvalue weighted by atomic mass is 10.00. The lowest BCUT2D eigenvalue weighted by Gasteiger charge is -2.17. The highest BCUT2D eigenvalue weighted by molar-refractivity contribution is 5.74.